The molecule has 78 valence electrons. The Morgan fingerprint density at radius 2 is 2.07 bits per heavy atom. The van der Waals surface area contributed by atoms with Gasteiger partial charge >= 0.3 is 0 Å². The fraction of sp³-hybridized carbons (Fsp3) is 0.667. The van der Waals surface area contributed by atoms with Gasteiger partial charge in [-0.2, -0.15) is 0 Å². The molecule has 1 nitrogen and oxygen atoms in total. The molecule has 2 unspecified atom stereocenters. The summed E-state index contributed by atoms with van der Waals surface area (Å²) in [5, 5.41) is 0. The lowest BCUT2D eigenvalue weighted by Gasteiger charge is -1.98. The molecule has 0 aromatic carbocycles. The van der Waals surface area contributed by atoms with Gasteiger partial charge in [0.25, 0.3) is 0 Å². The van der Waals surface area contributed by atoms with E-state index in [0.29, 0.717) is 17.4 Å². The van der Waals surface area contributed by atoms with Crippen molar-refractivity contribution in [3.63, 3.8) is 0 Å². The molecule has 1 heterocycles. The predicted molar refractivity (Wildman–Crippen MR) is 62.8 cm³/mol. The van der Waals surface area contributed by atoms with Gasteiger partial charge in [-0.3, -0.25) is 0 Å². The number of thiophene rings is 1. The van der Waals surface area contributed by atoms with Crippen LogP contribution in [0.3, 0.4) is 0 Å². The highest BCUT2D eigenvalue weighted by molar-refractivity contribution is 7.12. The summed E-state index contributed by atoms with van der Waals surface area (Å²) >= 11 is 1.95. The second kappa shape index (κ2) is 3.35. The number of hydrogen-bond donors (Lipinski definition) is 1. The van der Waals surface area contributed by atoms with Gasteiger partial charge < -0.3 is 5.73 Å². The van der Waals surface area contributed by atoms with Gasteiger partial charge in [0.2, 0.25) is 0 Å². The zero-order valence-electron chi connectivity index (χ0n) is 9.21. The quantitative estimate of drug-likeness (QED) is 0.813. The van der Waals surface area contributed by atoms with Crippen molar-refractivity contribution in [2.45, 2.75) is 45.6 Å². The highest BCUT2D eigenvalue weighted by Crippen LogP contribution is 2.58. The summed E-state index contributed by atoms with van der Waals surface area (Å²) < 4.78 is 0. The van der Waals surface area contributed by atoms with Crippen LogP contribution in [0.1, 0.15) is 42.9 Å². The second-order valence-electron chi connectivity index (χ2n) is 4.88. The van der Waals surface area contributed by atoms with E-state index in [-0.39, 0.29) is 0 Å². The minimum atomic E-state index is 0.328. The molecule has 1 saturated carbocycles. The van der Waals surface area contributed by atoms with Crippen LogP contribution in [-0.2, 0) is 6.42 Å². The highest BCUT2D eigenvalue weighted by Gasteiger charge is 2.56. The fourth-order valence-electron chi connectivity index (χ4n) is 2.16. The van der Waals surface area contributed by atoms with Crippen molar-refractivity contribution in [1.82, 2.24) is 0 Å². The van der Waals surface area contributed by atoms with Crippen LogP contribution < -0.4 is 5.73 Å². The Morgan fingerprint density at radius 1 is 1.43 bits per heavy atom. The van der Waals surface area contributed by atoms with Gasteiger partial charge in [0.15, 0.2) is 0 Å². The van der Waals surface area contributed by atoms with E-state index in [4.69, 9.17) is 5.73 Å². The summed E-state index contributed by atoms with van der Waals surface area (Å²) in [6.45, 7) is 6.76. The van der Waals surface area contributed by atoms with E-state index in [1.54, 1.807) is 0 Å². The summed E-state index contributed by atoms with van der Waals surface area (Å²) in [6.07, 6.45) is 2.45. The van der Waals surface area contributed by atoms with E-state index in [0.717, 1.165) is 0 Å². The normalized spacial score (nSPS) is 29.1. The molecule has 2 rings (SSSR count). The average molecular weight is 209 g/mol. The number of hydrogen-bond acceptors (Lipinski definition) is 2. The number of rotatable bonds is 3. The molecule has 0 saturated heterocycles. The fourth-order valence-corrected chi connectivity index (χ4v) is 3.62. The first-order valence-electron chi connectivity index (χ1n) is 5.41. The van der Waals surface area contributed by atoms with Gasteiger partial charge in [0, 0.05) is 21.7 Å². The largest absolute Gasteiger partial charge is 0.327 e. The van der Waals surface area contributed by atoms with Crippen LogP contribution in [0.4, 0.5) is 0 Å². The third-order valence-electron chi connectivity index (χ3n) is 3.40. The maximum absolute atomic E-state index is 6.07. The van der Waals surface area contributed by atoms with E-state index < -0.39 is 0 Å². The molecule has 1 aromatic heterocycles. The molecule has 1 aromatic rings. The minimum absolute atomic E-state index is 0.328. The molecule has 0 aliphatic heterocycles. The average Bonchev–Trinajstić information content (AvgIpc) is 2.52. The Kier molecular flexibility index (Phi) is 2.44. The molecule has 0 bridgehead atoms. The second-order valence-corrected chi connectivity index (χ2v) is 6.08. The zero-order valence-corrected chi connectivity index (χ0v) is 10.0. The van der Waals surface area contributed by atoms with Crippen LogP contribution in [0.25, 0.3) is 0 Å². The third kappa shape index (κ3) is 1.51. The van der Waals surface area contributed by atoms with Crippen LogP contribution >= 0.6 is 11.3 Å². The maximum atomic E-state index is 6.07. The summed E-state index contributed by atoms with van der Waals surface area (Å²) in [5.74, 6) is 0.609. The number of aryl methyl sites for hydroxylation is 1. The van der Waals surface area contributed by atoms with Gasteiger partial charge in [0.1, 0.15) is 0 Å². The smallest absolute Gasteiger partial charge is 0.0180 e. The van der Waals surface area contributed by atoms with Crippen molar-refractivity contribution in [3.8, 4) is 0 Å². The van der Waals surface area contributed by atoms with Crippen LogP contribution in [0.15, 0.2) is 12.1 Å². The van der Waals surface area contributed by atoms with Crippen molar-refractivity contribution >= 4 is 11.3 Å². The van der Waals surface area contributed by atoms with Crippen LogP contribution in [0.5, 0.6) is 0 Å². The first kappa shape index (κ1) is 10.2. The monoisotopic (exact) mass is 209 g/mol. The molecule has 1 aliphatic rings. The SMILES string of the molecule is CCCc1ccc(C2C(N)C2(C)C)s1. The van der Waals surface area contributed by atoms with Crippen molar-refractivity contribution in [2.24, 2.45) is 11.1 Å². The molecule has 2 N–H and O–H groups in total. The summed E-state index contributed by atoms with van der Waals surface area (Å²) in [6, 6.07) is 4.91. The Bertz CT molecular complexity index is 327. The number of nitrogens with two attached hydrogens (primary N) is 1. The third-order valence-corrected chi connectivity index (χ3v) is 4.62. The van der Waals surface area contributed by atoms with Crippen LogP contribution in [-0.4, -0.2) is 6.04 Å². The van der Waals surface area contributed by atoms with Crippen molar-refractivity contribution in [1.29, 1.82) is 0 Å². The molecular formula is C12H19NS. The van der Waals surface area contributed by atoms with Crippen molar-refractivity contribution < 1.29 is 0 Å². The Hall–Kier alpha value is -0.340. The first-order valence-corrected chi connectivity index (χ1v) is 6.23. The lowest BCUT2D eigenvalue weighted by atomic mass is 10.1. The molecule has 2 atom stereocenters. The molecule has 0 spiro atoms. The summed E-state index contributed by atoms with van der Waals surface area (Å²) in [7, 11) is 0. The topological polar surface area (TPSA) is 26.0 Å². The molecule has 14 heavy (non-hydrogen) atoms. The lowest BCUT2D eigenvalue weighted by Crippen LogP contribution is -2.06. The minimum Gasteiger partial charge on any atom is -0.327 e. The highest BCUT2D eigenvalue weighted by atomic mass is 32.1. The standard InChI is InChI=1S/C12H19NS/c1-4-5-8-6-7-9(14-8)10-11(13)12(10,2)3/h6-7,10-11H,4-5,13H2,1-3H3. The van der Waals surface area contributed by atoms with Gasteiger partial charge in [-0.15, -0.1) is 11.3 Å². The molecule has 0 radical (unpaired) electrons. The van der Waals surface area contributed by atoms with E-state index in [2.05, 4.69) is 32.9 Å². The molecule has 1 fully saturated rings. The van der Waals surface area contributed by atoms with Gasteiger partial charge in [-0.1, -0.05) is 27.2 Å². The van der Waals surface area contributed by atoms with E-state index in [9.17, 15) is 0 Å². The molecule has 0 amide bonds. The van der Waals surface area contributed by atoms with E-state index in [1.165, 1.54) is 22.6 Å². The first-order chi connectivity index (χ1) is 6.57. The zero-order chi connectivity index (χ0) is 10.3. The van der Waals surface area contributed by atoms with E-state index >= 15 is 0 Å². The predicted octanol–water partition coefficient (Wildman–Crippen LogP) is 3.15. The van der Waals surface area contributed by atoms with Crippen molar-refractivity contribution in [2.75, 3.05) is 0 Å². The van der Waals surface area contributed by atoms with Gasteiger partial charge in [0.05, 0.1) is 0 Å². The maximum Gasteiger partial charge on any atom is 0.0180 e. The summed E-state index contributed by atoms with van der Waals surface area (Å²) in [4.78, 5) is 3.00. The molecular weight excluding hydrogens is 190 g/mol. The van der Waals surface area contributed by atoms with Crippen LogP contribution in [0.2, 0.25) is 0 Å². The van der Waals surface area contributed by atoms with Crippen LogP contribution in [0, 0.1) is 5.41 Å². The Labute approximate surface area is 90.3 Å². The van der Waals surface area contributed by atoms with Gasteiger partial charge in [-0.25, -0.2) is 0 Å². The van der Waals surface area contributed by atoms with Gasteiger partial charge in [-0.05, 0) is 24.0 Å². The van der Waals surface area contributed by atoms with E-state index in [1.807, 2.05) is 11.3 Å². The van der Waals surface area contributed by atoms with Crippen molar-refractivity contribution in [3.05, 3.63) is 21.9 Å². The Morgan fingerprint density at radius 3 is 2.57 bits per heavy atom. The summed E-state index contributed by atoms with van der Waals surface area (Å²) in [5.41, 5.74) is 6.39. The molecule has 2 heteroatoms. The Balaban J connectivity index is 2.12. The molecule has 1 aliphatic carbocycles. The lowest BCUT2D eigenvalue weighted by molar-refractivity contribution is 0.601.